The molecule has 0 aliphatic rings. The van der Waals surface area contributed by atoms with E-state index in [1.54, 1.807) is 25.3 Å². The lowest BCUT2D eigenvalue weighted by Crippen LogP contribution is -2.08. The fourth-order valence-electron chi connectivity index (χ4n) is 2.01. The predicted molar refractivity (Wildman–Crippen MR) is 76.9 cm³/mol. The molecule has 2 N–H and O–H groups in total. The third-order valence-electron chi connectivity index (χ3n) is 3.12. The van der Waals surface area contributed by atoms with Gasteiger partial charge in [-0.2, -0.15) is 0 Å². The fraction of sp³-hybridized carbons (Fsp3) is 0.267. The van der Waals surface area contributed by atoms with Gasteiger partial charge in [0.2, 0.25) is 0 Å². The SMILES string of the molecule is CCc1cccnc1CNc1ccc(C(=O)O)c(C)n1. The Morgan fingerprint density at radius 3 is 2.80 bits per heavy atom. The molecule has 5 nitrogen and oxygen atoms in total. The average molecular weight is 271 g/mol. The lowest BCUT2D eigenvalue weighted by Gasteiger charge is -2.10. The molecule has 0 atom stereocenters. The van der Waals surface area contributed by atoms with Crippen LogP contribution in [0.4, 0.5) is 5.82 Å². The van der Waals surface area contributed by atoms with E-state index >= 15 is 0 Å². The van der Waals surface area contributed by atoms with E-state index in [9.17, 15) is 4.79 Å². The highest BCUT2D eigenvalue weighted by molar-refractivity contribution is 5.89. The molecule has 0 unspecified atom stereocenters. The molecule has 0 aliphatic heterocycles. The zero-order valence-electron chi connectivity index (χ0n) is 11.6. The summed E-state index contributed by atoms with van der Waals surface area (Å²) < 4.78 is 0. The molecule has 2 aromatic heterocycles. The second-order valence-electron chi connectivity index (χ2n) is 4.45. The Balaban J connectivity index is 2.11. The minimum absolute atomic E-state index is 0.225. The third-order valence-corrected chi connectivity index (χ3v) is 3.12. The fourth-order valence-corrected chi connectivity index (χ4v) is 2.01. The van der Waals surface area contributed by atoms with E-state index in [4.69, 9.17) is 5.11 Å². The van der Waals surface area contributed by atoms with E-state index in [1.807, 2.05) is 6.07 Å². The molecule has 0 spiro atoms. The molecule has 0 saturated heterocycles. The maximum absolute atomic E-state index is 10.9. The smallest absolute Gasteiger partial charge is 0.337 e. The van der Waals surface area contributed by atoms with Gasteiger partial charge in [0.1, 0.15) is 5.82 Å². The number of hydrogen-bond acceptors (Lipinski definition) is 4. The minimum Gasteiger partial charge on any atom is -0.478 e. The van der Waals surface area contributed by atoms with Crippen molar-refractivity contribution in [1.29, 1.82) is 0 Å². The van der Waals surface area contributed by atoms with E-state index in [0.717, 1.165) is 12.1 Å². The van der Waals surface area contributed by atoms with Crippen LogP contribution < -0.4 is 5.32 Å². The molecular weight excluding hydrogens is 254 g/mol. The average Bonchev–Trinajstić information content (AvgIpc) is 2.45. The highest BCUT2D eigenvalue weighted by Gasteiger charge is 2.09. The van der Waals surface area contributed by atoms with Crippen molar-refractivity contribution in [2.45, 2.75) is 26.8 Å². The van der Waals surface area contributed by atoms with Crippen LogP contribution in [-0.4, -0.2) is 21.0 Å². The number of aromatic nitrogens is 2. The van der Waals surface area contributed by atoms with E-state index in [1.165, 1.54) is 5.56 Å². The highest BCUT2D eigenvalue weighted by Crippen LogP contribution is 2.13. The number of pyridine rings is 2. The van der Waals surface area contributed by atoms with Gasteiger partial charge in [0.05, 0.1) is 23.5 Å². The van der Waals surface area contributed by atoms with Gasteiger partial charge in [-0.25, -0.2) is 9.78 Å². The molecule has 2 heterocycles. The Morgan fingerprint density at radius 2 is 2.15 bits per heavy atom. The van der Waals surface area contributed by atoms with Crippen LogP contribution in [-0.2, 0) is 13.0 Å². The Labute approximate surface area is 117 Å². The lowest BCUT2D eigenvalue weighted by atomic mass is 10.1. The number of carboxylic acid groups (broad SMARTS) is 1. The Morgan fingerprint density at radius 1 is 1.35 bits per heavy atom. The van der Waals surface area contributed by atoms with Gasteiger partial charge in [0.25, 0.3) is 0 Å². The second-order valence-corrected chi connectivity index (χ2v) is 4.45. The summed E-state index contributed by atoms with van der Waals surface area (Å²) in [6.45, 7) is 4.35. The van der Waals surface area contributed by atoms with Gasteiger partial charge in [-0.15, -0.1) is 0 Å². The second kappa shape index (κ2) is 6.14. The first-order valence-corrected chi connectivity index (χ1v) is 6.49. The summed E-state index contributed by atoms with van der Waals surface area (Å²) in [7, 11) is 0. The monoisotopic (exact) mass is 271 g/mol. The van der Waals surface area contributed by atoms with Gasteiger partial charge in [0.15, 0.2) is 0 Å². The van der Waals surface area contributed by atoms with Crippen molar-refractivity contribution in [1.82, 2.24) is 9.97 Å². The van der Waals surface area contributed by atoms with Crippen LogP contribution in [0.2, 0.25) is 0 Å². The van der Waals surface area contributed by atoms with Crippen molar-refractivity contribution in [3.8, 4) is 0 Å². The maximum atomic E-state index is 10.9. The van der Waals surface area contributed by atoms with E-state index < -0.39 is 5.97 Å². The van der Waals surface area contributed by atoms with Crippen LogP contribution in [0.15, 0.2) is 30.5 Å². The van der Waals surface area contributed by atoms with Gasteiger partial charge in [0, 0.05) is 6.20 Å². The molecular formula is C15H17N3O2. The molecule has 20 heavy (non-hydrogen) atoms. The maximum Gasteiger partial charge on any atom is 0.337 e. The predicted octanol–water partition coefficient (Wildman–Crippen LogP) is 2.66. The van der Waals surface area contributed by atoms with Crippen LogP contribution in [0.5, 0.6) is 0 Å². The first-order valence-electron chi connectivity index (χ1n) is 6.49. The number of anilines is 1. The van der Waals surface area contributed by atoms with Gasteiger partial charge in [-0.1, -0.05) is 13.0 Å². The van der Waals surface area contributed by atoms with Crippen molar-refractivity contribution in [3.63, 3.8) is 0 Å². The molecule has 0 aromatic carbocycles. The van der Waals surface area contributed by atoms with E-state index in [-0.39, 0.29) is 5.56 Å². The van der Waals surface area contributed by atoms with E-state index in [2.05, 4.69) is 28.3 Å². The van der Waals surface area contributed by atoms with Crippen LogP contribution in [0.1, 0.15) is 34.2 Å². The molecule has 0 amide bonds. The Hall–Kier alpha value is -2.43. The molecule has 0 saturated carbocycles. The summed E-state index contributed by atoms with van der Waals surface area (Å²) >= 11 is 0. The minimum atomic E-state index is -0.959. The lowest BCUT2D eigenvalue weighted by molar-refractivity contribution is 0.0695. The number of nitrogens with one attached hydrogen (secondary N) is 1. The topological polar surface area (TPSA) is 75.1 Å². The van der Waals surface area contributed by atoms with Crippen molar-refractivity contribution in [3.05, 3.63) is 53.0 Å². The molecule has 104 valence electrons. The molecule has 0 aliphatic carbocycles. The molecule has 5 heteroatoms. The quantitative estimate of drug-likeness (QED) is 0.874. The van der Waals surface area contributed by atoms with Gasteiger partial charge in [-0.05, 0) is 37.1 Å². The third kappa shape index (κ3) is 3.12. The van der Waals surface area contributed by atoms with Crippen LogP contribution in [0.25, 0.3) is 0 Å². The zero-order valence-corrected chi connectivity index (χ0v) is 11.6. The summed E-state index contributed by atoms with van der Waals surface area (Å²) in [6, 6.07) is 7.21. The van der Waals surface area contributed by atoms with Crippen LogP contribution in [0.3, 0.4) is 0 Å². The molecule has 0 fully saturated rings. The Bertz CT molecular complexity index is 626. The number of aromatic carboxylic acids is 1. The number of rotatable bonds is 5. The molecule has 2 aromatic rings. The first-order chi connectivity index (χ1) is 9.61. The highest BCUT2D eigenvalue weighted by atomic mass is 16.4. The summed E-state index contributed by atoms with van der Waals surface area (Å²) in [5.74, 6) is -0.306. The van der Waals surface area contributed by atoms with Crippen LogP contribution >= 0.6 is 0 Å². The summed E-state index contributed by atoms with van der Waals surface area (Å²) in [6.07, 6.45) is 2.69. The standard InChI is InChI=1S/C15H17N3O2/c1-3-11-5-4-8-16-13(11)9-17-14-7-6-12(15(19)20)10(2)18-14/h4-8H,3,9H2,1-2H3,(H,17,18)(H,19,20). The number of carboxylic acids is 1. The molecule has 0 bridgehead atoms. The number of carbonyl (C=O) groups is 1. The van der Waals surface area contributed by atoms with Crippen molar-refractivity contribution < 1.29 is 9.90 Å². The largest absolute Gasteiger partial charge is 0.478 e. The summed E-state index contributed by atoms with van der Waals surface area (Å²) in [4.78, 5) is 19.5. The summed E-state index contributed by atoms with van der Waals surface area (Å²) in [5, 5.41) is 12.1. The zero-order chi connectivity index (χ0) is 14.5. The van der Waals surface area contributed by atoms with Crippen molar-refractivity contribution in [2.24, 2.45) is 0 Å². The van der Waals surface area contributed by atoms with E-state index in [0.29, 0.717) is 18.1 Å². The van der Waals surface area contributed by atoms with Gasteiger partial charge < -0.3 is 10.4 Å². The number of aryl methyl sites for hydroxylation is 2. The van der Waals surface area contributed by atoms with Crippen molar-refractivity contribution in [2.75, 3.05) is 5.32 Å². The number of hydrogen-bond donors (Lipinski definition) is 2. The molecule has 2 rings (SSSR count). The van der Waals surface area contributed by atoms with Crippen molar-refractivity contribution >= 4 is 11.8 Å². The normalized spacial score (nSPS) is 10.3. The molecule has 0 radical (unpaired) electrons. The van der Waals surface area contributed by atoms with Gasteiger partial charge >= 0.3 is 5.97 Å². The summed E-state index contributed by atoms with van der Waals surface area (Å²) in [5.41, 5.74) is 2.90. The first kappa shape index (κ1) is 14.0. The number of nitrogens with zero attached hydrogens (tertiary/aromatic N) is 2. The van der Waals surface area contributed by atoms with Gasteiger partial charge in [-0.3, -0.25) is 4.98 Å². The Kier molecular flexibility index (Phi) is 4.30. The van der Waals surface area contributed by atoms with Crippen LogP contribution in [0, 0.1) is 6.92 Å².